The van der Waals surface area contributed by atoms with Gasteiger partial charge in [0.25, 0.3) is 0 Å². The first-order chi connectivity index (χ1) is 17.9. The number of rotatable bonds is 8. The third kappa shape index (κ3) is 4.04. The van der Waals surface area contributed by atoms with E-state index in [0.29, 0.717) is 0 Å². The van der Waals surface area contributed by atoms with Gasteiger partial charge in [-0.3, -0.25) is 0 Å². The Morgan fingerprint density at radius 2 is 0.806 bits per heavy atom. The van der Waals surface area contributed by atoms with Gasteiger partial charge >= 0.3 is 215 Å². The standard InChI is InChI=1S/C34H32NP/c1-4-16-28(17-5-1)36(29-18-6-2-7-19-29,30-20-8-3-9-21-30)27-15-14-26-35-33-24-12-10-22-31(33)32-23-11-13-25-34(32)35/h1-13,16-25,36H,14-15,26-27H2. The summed E-state index contributed by atoms with van der Waals surface area (Å²) in [5, 5.41) is 7.21. The summed E-state index contributed by atoms with van der Waals surface area (Å²) in [6.07, 6.45) is 3.54. The van der Waals surface area contributed by atoms with Crippen LogP contribution < -0.4 is 15.9 Å². The van der Waals surface area contributed by atoms with Crippen LogP contribution in [0, 0.1) is 0 Å². The predicted octanol–water partition coefficient (Wildman–Crippen LogP) is 7.30. The fourth-order valence-electron chi connectivity index (χ4n) is 6.01. The Hall–Kier alpha value is -3.67. The second-order valence-electron chi connectivity index (χ2n) is 9.65. The SMILES string of the molecule is c1ccc([PH](CCCCn2c3ccccc3c3ccccc32)(c2ccccc2)c2ccccc2)cc1. The molecule has 0 amide bonds. The number of benzene rings is 5. The van der Waals surface area contributed by atoms with E-state index in [2.05, 4.69) is 144 Å². The maximum absolute atomic E-state index is 2.53. The summed E-state index contributed by atoms with van der Waals surface area (Å²) in [4.78, 5) is 0. The summed E-state index contributed by atoms with van der Waals surface area (Å²) >= 11 is 0. The van der Waals surface area contributed by atoms with Crippen molar-refractivity contribution in [1.82, 2.24) is 4.57 Å². The molecule has 0 saturated heterocycles. The van der Waals surface area contributed by atoms with Crippen LogP contribution in [-0.4, -0.2) is 10.7 Å². The first-order valence-corrected chi connectivity index (χ1v) is 15.2. The number of hydrogen-bond donors (Lipinski definition) is 0. The van der Waals surface area contributed by atoms with Gasteiger partial charge in [0.05, 0.1) is 0 Å². The van der Waals surface area contributed by atoms with E-state index in [1.165, 1.54) is 50.3 Å². The van der Waals surface area contributed by atoms with Crippen LogP contribution in [0.4, 0.5) is 0 Å². The molecular formula is C34H32NP. The average Bonchev–Trinajstić information content (AvgIpc) is 3.28. The van der Waals surface area contributed by atoms with Crippen LogP contribution in [0.15, 0.2) is 140 Å². The van der Waals surface area contributed by atoms with Gasteiger partial charge in [0.15, 0.2) is 0 Å². The Morgan fingerprint density at radius 3 is 1.25 bits per heavy atom. The fraction of sp³-hybridized carbons (Fsp3) is 0.118. The topological polar surface area (TPSA) is 4.93 Å². The predicted molar refractivity (Wildman–Crippen MR) is 160 cm³/mol. The zero-order valence-corrected chi connectivity index (χ0v) is 21.6. The second-order valence-corrected chi connectivity index (χ2v) is 13.7. The van der Waals surface area contributed by atoms with E-state index in [4.69, 9.17) is 0 Å². The normalized spacial score (nSPS) is 12.2. The van der Waals surface area contributed by atoms with E-state index in [1.807, 2.05) is 0 Å². The third-order valence-corrected chi connectivity index (χ3v) is 12.7. The van der Waals surface area contributed by atoms with Crippen molar-refractivity contribution in [2.75, 3.05) is 6.16 Å². The van der Waals surface area contributed by atoms with Crippen LogP contribution in [0.25, 0.3) is 21.8 Å². The number of unbranched alkanes of at least 4 members (excludes halogenated alkanes) is 1. The van der Waals surface area contributed by atoms with Gasteiger partial charge in [-0.2, -0.15) is 0 Å². The molecule has 6 rings (SSSR count). The average molecular weight is 486 g/mol. The van der Waals surface area contributed by atoms with E-state index in [9.17, 15) is 0 Å². The van der Waals surface area contributed by atoms with Crippen molar-refractivity contribution in [2.24, 2.45) is 0 Å². The Labute approximate surface area is 214 Å². The molecule has 0 saturated carbocycles. The molecule has 0 aliphatic heterocycles. The number of hydrogen-bond acceptors (Lipinski definition) is 0. The third-order valence-electron chi connectivity index (χ3n) is 7.66. The number of para-hydroxylation sites is 2. The van der Waals surface area contributed by atoms with Crippen molar-refractivity contribution in [3.8, 4) is 0 Å². The van der Waals surface area contributed by atoms with E-state index in [1.54, 1.807) is 0 Å². The molecule has 2 heteroatoms. The van der Waals surface area contributed by atoms with Gasteiger partial charge in [0, 0.05) is 0 Å². The monoisotopic (exact) mass is 485 g/mol. The molecule has 0 unspecified atom stereocenters. The maximum atomic E-state index is 2.53. The molecule has 0 radical (unpaired) electrons. The van der Waals surface area contributed by atoms with Crippen molar-refractivity contribution in [2.45, 2.75) is 19.4 Å². The van der Waals surface area contributed by atoms with Crippen LogP contribution in [0.2, 0.25) is 0 Å². The van der Waals surface area contributed by atoms with E-state index >= 15 is 0 Å². The quantitative estimate of drug-likeness (QED) is 0.157. The molecule has 1 aromatic heterocycles. The molecule has 36 heavy (non-hydrogen) atoms. The molecule has 178 valence electrons. The molecule has 0 bridgehead atoms. The summed E-state index contributed by atoms with van der Waals surface area (Å²) < 4.78 is 2.53. The van der Waals surface area contributed by atoms with Crippen molar-refractivity contribution >= 4 is 45.0 Å². The Bertz CT molecular complexity index is 1420. The minimum absolute atomic E-state index is 1.04. The number of nitrogens with zero attached hydrogens (tertiary/aromatic N) is 1. The van der Waals surface area contributed by atoms with Gasteiger partial charge in [-0.15, -0.1) is 0 Å². The first-order valence-electron chi connectivity index (χ1n) is 13.0. The molecule has 0 fully saturated rings. The molecule has 1 heterocycles. The second kappa shape index (κ2) is 10.1. The molecule has 1 nitrogen and oxygen atoms in total. The Balaban J connectivity index is 1.36. The van der Waals surface area contributed by atoms with Gasteiger partial charge in [-0.1, -0.05) is 0 Å². The van der Waals surface area contributed by atoms with Gasteiger partial charge < -0.3 is 0 Å². The van der Waals surface area contributed by atoms with Crippen molar-refractivity contribution in [1.29, 1.82) is 0 Å². The van der Waals surface area contributed by atoms with Crippen molar-refractivity contribution in [3.63, 3.8) is 0 Å². The molecule has 0 aliphatic rings. The number of aromatic nitrogens is 1. The minimum atomic E-state index is -2.16. The van der Waals surface area contributed by atoms with Gasteiger partial charge in [-0.05, 0) is 0 Å². The zero-order chi connectivity index (χ0) is 24.2. The van der Waals surface area contributed by atoms with Crippen LogP contribution in [0.3, 0.4) is 0 Å². The van der Waals surface area contributed by atoms with Gasteiger partial charge in [0.2, 0.25) is 0 Å². The zero-order valence-electron chi connectivity index (χ0n) is 20.6. The fourth-order valence-corrected chi connectivity index (χ4v) is 10.9. The Morgan fingerprint density at radius 1 is 0.417 bits per heavy atom. The number of aryl methyl sites for hydroxylation is 1. The van der Waals surface area contributed by atoms with Crippen molar-refractivity contribution < 1.29 is 0 Å². The molecular weight excluding hydrogens is 453 g/mol. The van der Waals surface area contributed by atoms with Crippen LogP contribution in [0.1, 0.15) is 12.8 Å². The molecule has 0 spiro atoms. The summed E-state index contributed by atoms with van der Waals surface area (Å²) in [6.45, 7) is 1.04. The Kier molecular flexibility index (Phi) is 6.41. The van der Waals surface area contributed by atoms with Gasteiger partial charge in [0.1, 0.15) is 0 Å². The molecule has 5 aromatic carbocycles. The molecule has 0 atom stereocenters. The molecule has 6 aromatic rings. The molecule has 0 N–H and O–H groups in total. The summed E-state index contributed by atoms with van der Waals surface area (Å²) in [5.74, 6) is 0. The van der Waals surface area contributed by atoms with Crippen LogP contribution >= 0.6 is 7.26 Å². The van der Waals surface area contributed by atoms with Crippen LogP contribution in [-0.2, 0) is 6.54 Å². The van der Waals surface area contributed by atoms with E-state index in [0.717, 1.165) is 13.0 Å². The summed E-state index contributed by atoms with van der Waals surface area (Å²) in [5.41, 5.74) is 2.69. The number of fused-ring (bicyclic) bond motifs is 3. The summed E-state index contributed by atoms with van der Waals surface area (Å²) in [6, 6.07) is 51.5. The van der Waals surface area contributed by atoms with Crippen LogP contribution in [0.5, 0.6) is 0 Å². The van der Waals surface area contributed by atoms with Crippen molar-refractivity contribution in [3.05, 3.63) is 140 Å². The first kappa shape index (κ1) is 22.8. The van der Waals surface area contributed by atoms with Gasteiger partial charge in [-0.25, -0.2) is 0 Å². The summed E-state index contributed by atoms with van der Waals surface area (Å²) in [7, 11) is -2.16. The van der Waals surface area contributed by atoms with E-state index in [-0.39, 0.29) is 0 Å². The molecule has 0 aliphatic carbocycles. The van der Waals surface area contributed by atoms with E-state index < -0.39 is 7.26 Å².